The quantitative estimate of drug-likeness (QED) is 0.412. The van der Waals surface area contributed by atoms with Gasteiger partial charge in [0.1, 0.15) is 5.52 Å². The van der Waals surface area contributed by atoms with E-state index in [1.165, 1.54) is 5.56 Å². The Morgan fingerprint density at radius 2 is 1.83 bits per heavy atom. The zero-order valence-electron chi connectivity index (χ0n) is 15.4. The van der Waals surface area contributed by atoms with Gasteiger partial charge in [-0.1, -0.05) is 30.3 Å². The zero-order chi connectivity index (χ0) is 19.5. The Hall–Kier alpha value is -4.20. The number of hydrogen-bond donors (Lipinski definition) is 3. The van der Waals surface area contributed by atoms with Crippen LogP contribution in [0.4, 0.5) is 17.5 Å². The van der Waals surface area contributed by atoms with Gasteiger partial charge in [-0.05, 0) is 29.8 Å². The number of hydrogen-bond acceptors (Lipinski definition) is 6. The van der Waals surface area contributed by atoms with Gasteiger partial charge in [0, 0.05) is 30.3 Å². The van der Waals surface area contributed by atoms with Gasteiger partial charge in [0.15, 0.2) is 11.5 Å². The van der Waals surface area contributed by atoms with Crippen molar-refractivity contribution in [2.24, 2.45) is 0 Å². The molecule has 0 radical (unpaired) electrons. The Morgan fingerprint density at radius 1 is 0.966 bits per heavy atom. The molecule has 8 heteroatoms. The lowest BCUT2D eigenvalue weighted by molar-refractivity contribution is 1.06. The van der Waals surface area contributed by atoms with Crippen LogP contribution in [0.2, 0.25) is 0 Å². The minimum absolute atomic E-state index is 0.482. The number of fused-ring (bicyclic) bond motifs is 1. The third-order valence-corrected chi connectivity index (χ3v) is 4.51. The van der Waals surface area contributed by atoms with Crippen molar-refractivity contribution in [1.82, 2.24) is 29.5 Å². The molecule has 3 heterocycles. The van der Waals surface area contributed by atoms with Gasteiger partial charge in [0.05, 0.1) is 12.7 Å². The van der Waals surface area contributed by atoms with Gasteiger partial charge in [-0.25, -0.2) is 9.97 Å². The first-order chi connectivity index (χ1) is 14.3. The molecule has 5 aromatic rings. The Balaban J connectivity index is 1.38. The zero-order valence-corrected chi connectivity index (χ0v) is 15.4. The van der Waals surface area contributed by atoms with Gasteiger partial charge in [-0.3, -0.25) is 0 Å². The molecule has 0 unspecified atom stereocenters. The molecule has 0 atom stereocenters. The van der Waals surface area contributed by atoms with Crippen LogP contribution >= 0.6 is 0 Å². The minimum Gasteiger partial charge on any atom is -0.364 e. The second kappa shape index (κ2) is 7.43. The Bertz CT molecular complexity index is 1210. The van der Waals surface area contributed by atoms with E-state index in [0.29, 0.717) is 24.0 Å². The molecular formula is C21H18N8. The van der Waals surface area contributed by atoms with E-state index in [1.807, 2.05) is 53.2 Å². The van der Waals surface area contributed by atoms with Crippen molar-refractivity contribution in [2.75, 3.05) is 10.6 Å². The van der Waals surface area contributed by atoms with Gasteiger partial charge in [-0.2, -0.15) is 9.97 Å². The molecule has 8 nitrogen and oxygen atoms in total. The third kappa shape index (κ3) is 3.63. The number of H-pyrrole nitrogens is 1. The number of aromatic nitrogens is 6. The van der Waals surface area contributed by atoms with Gasteiger partial charge >= 0.3 is 0 Å². The fourth-order valence-electron chi connectivity index (χ4n) is 3.06. The molecule has 5 rings (SSSR count). The molecule has 0 bridgehead atoms. The summed E-state index contributed by atoms with van der Waals surface area (Å²) in [5, 5.41) is 6.63. The van der Waals surface area contributed by atoms with Crippen LogP contribution in [-0.2, 0) is 6.54 Å². The summed E-state index contributed by atoms with van der Waals surface area (Å²) in [7, 11) is 0. The van der Waals surface area contributed by atoms with Crippen molar-refractivity contribution in [3.8, 4) is 5.69 Å². The molecule has 142 valence electrons. The van der Waals surface area contributed by atoms with Gasteiger partial charge in [-0.15, -0.1) is 0 Å². The van der Waals surface area contributed by atoms with E-state index < -0.39 is 0 Å². The summed E-state index contributed by atoms with van der Waals surface area (Å²) in [5.41, 5.74) is 4.47. The molecule has 0 aliphatic rings. The first-order valence-electron chi connectivity index (χ1n) is 9.19. The molecule has 0 spiro atoms. The summed E-state index contributed by atoms with van der Waals surface area (Å²) in [6, 6.07) is 18.1. The average Bonchev–Trinajstić information content (AvgIpc) is 3.45. The Morgan fingerprint density at radius 3 is 2.62 bits per heavy atom. The number of nitrogens with one attached hydrogen (secondary N) is 3. The molecule has 3 aromatic heterocycles. The average molecular weight is 382 g/mol. The fraction of sp³-hybridized carbons (Fsp3) is 0.0476. The van der Waals surface area contributed by atoms with E-state index >= 15 is 0 Å². The molecule has 0 saturated carbocycles. The largest absolute Gasteiger partial charge is 0.364 e. The summed E-state index contributed by atoms with van der Waals surface area (Å²) in [6.07, 6.45) is 7.04. The van der Waals surface area contributed by atoms with Crippen molar-refractivity contribution in [2.45, 2.75) is 6.54 Å². The third-order valence-electron chi connectivity index (χ3n) is 4.51. The molecule has 3 N–H and O–H groups in total. The predicted molar refractivity (Wildman–Crippen MR) is 112 cm³/mol. The number of benzene rings is 2. The van der Waals surface area contributed by atoms with E-state index in [-0.39, 0.29) is 0 Å². The van der Waals surface area contributed by atoms with Crippen molar-refractivity contribution in [1.29, 1.82) is 0 Å². The van der Waals surface area contributed by atoms with Crippen LogP contribution in [0.1, 0.15) is 5.56 Å². The first-order valence-corrected chi connectivity index (χ1v) is 9.19. The highest BCUT2D eigenvalue weighted by Crippen LogP contribution is 2.22. The van der Waals surface area contributed by atoms with Gasteiger partial charge in [0.2, 0.25) is 5.95 Å². The molecule has 0 aliphatic heterocycles. The van der Waals surface area contributed by atoms with E-state index in [9.17, 15) is 0 Å². The minimum atomic E-state index is 0.482. The second-order valence-corrected chi connectivity index (χ2v) is 6.48. The molecule has 0 amide bonds. The van der Waals surface area contributed by atoms with Crippen LogP contribution in [0.3, 0.4) is 0 Å². The lowest BCUT2D eigenvalue weighted by Gasteiger charge is -2.10. The van der Waals surface area contributed by atoms with Crippen molar-refractivity contribution in [3.63, 3.8) is 0 Å². The normalized spacial score (nSPS) is 10.9. The maximum atomic E-state index is 4.64. The molecule has 2 aromatic carbocycles. The summed E-state index contributed by atoms with van der Waals surface area (Å²) in [5.74, 6) is 1.18. The molecule has 0 fully saturated rings. The lowest BCUT2D eigenvalue weighted by Crippen LogP contribution is -2.05. The van der Waals surface area contributed by atoms with Gasteiger partial charge < -0.3 is 20.2 Å². The maximum absolute atomic E-state index is 4.64. The first kappa shape index (κ1) is 16.9. The molecular weight excluding hydrogens is 364 g/mol. The summed E-state index contributed by atoms with van der Waals surface area (Å²) >= 11 is 0. The summed E-state index contributed by atoms with van der Waals surface area (Å²) < 4.78 is 1.95. The van der Waals surface area contributed by atoms with Crippen molar-refractivity contribution >= 4 is 28.6 Å². The molecule has 29 heavy (non-hydrogen) atoms. The number of aromatic amines is 1. The van der Waals surface area contributed by atoms with Crippen LogP contribution < -0.4 is 10.6 Å². The van der Waals surface area contributed by atoms with Crippen LogP contribution in [-0.4, -0.2) is 29.5 Å². The van der Waals surface area contributed by atoms with E-state index in [0.717, 1.165) is 16.9 Å². The number of nitrogens with zero attached hydrogens (tertiary/aromatic N) is 5. The van der Waals surface area contributed by atoms with Crippen LogP contribution in [0.25, 0.3) is 16.9 Å². The highest BCUT2D eigenvalue weighted by molar-refractivity contribution is 5.84. The number of imidazole rings is 2. The van der Waals surface area contributed by atoms with Crippen LogP contribution in [0.5, 0.6) is 0 Å². The Labute approximate surface area is 166 Å². The van der Waals surface area contributed by atoms with E-state index in [2.05, 4.69) is 47.7 Å². The number of anilines is 3. The van der Waals surface area contributed by atoms with E-state index in [4.69, 9.17) is 0 Å². The molecule has 0 aliphatic carbocycles. The monoisotopic (exact) mass is 382 g/mol. The van der Waals surface area contributed by atoms with Gasteiger partial charge in [0.25, 0.3) is 0 Å². The highest BCUT2D eigenvalue weighted by Gasteiger charge is 2.10. The second-order valence-electron chi connectivity index (χ2n) is 6.48. The topological polar surface area (TPSA) is 96.3 Å². The highest BCUT2D eigenvalue weighted by atomic mass is 15.2. The van der Waals surface area contributed by atoms with Crippen molar-refractivity contribution < 1.29 is 0 Å². The summed E-state index contributed by atoms with van der Waals surface area (Å²) in [6.45, 7) is 0.658. The predicted octanol–water partition coefficient (Wildman–Crippen LogP) is 3.89. The lowest BCUT2D eigenvalue weighted by atomic mass is 10.2. The van der Waals surface area contributed by atoms with E-state index in [1.54, 1.807) is 18.9 Å². The fourth-order valence-corrected chi connectivity index (χ4v) is 3.06. The number of rotatable bonds is 6. The molecule has 0 saturated heterocycles. The smallest absolute Gasteiger partial charge is 0.231 e. The SMILES string of the molecule is c1ccc(CNc2nc(Nc3ccc(-n4ccnc4)cc3)nc3nc[nH]c23)cc1. The van der Waals surface area contributed by atoms with Crippen LogP contribution in [0.15, 0.2) is 79.6 Å². The standard InChI is InChI=1S/C21H18N8/c1-2-4-15(5-3-1)12-23-19-18-20(25-13-24-18)28-21(27-19)26-16-6-8-17(9-7-16)29-11-10-22-14-29/h1-11,13-14H,12H2,(H3,23,24,25,26,27,28). The van der Waals surface area contributed by atoms with Crippen LogP contribution in [0, 0.1) is 0 Å². The summed E-state index contributed by atoms with van der Waals surface area (Å²) in [4.78, 5) is 20.6. The Kier molecular flexibility index (Phi) is 4.34. The van der Waals surface area contributed by atoms with Crippen molar-refractivity contribution in [3.05, 3.63) is 85.2 Å². The maximum Gasteiger partial charge on any atom is 0.231 e.